The summed E-state index contributed by atoms with van der Waals surface area (Å²) in [5.41, 5.74) is 1.15. The van der Waals surface area contributed by atoms with Crippen LogP contribution < -0.4 is 4.72 Å². The third-order valence-corrected chi connectivity index (χ3v) is 5.87. The van der Waals surface area contributed by atoms with E-state index in [9.17, 15) is 12.8 Å². The number of hydrogen-bond donors (Lipinski definition) is 1. The third-order valence-electron chi connectivity index (χ3n) is 3.05. The van der Waals surface area contributed by atoms with E-state index in [2.05, 4.69) is 14.9 Å². The zero-order chi connectivity index (χ0) is 16.6. The molecular formula is C14H12FN3O3S2. The number of aromatic nitrogens is 2. The summed E-state index contributed by atoms with van der Waals surface area (Å²) in [6.45, 7) is 3.25. The van der Waals surface area contributed by atoms with Gasteiger partial charge in [-0.25, -0.2) is 12.8 Å². The highest BCUT2D eigenvalue weighted by Gasteiger charge is 2.19. The molecule has 1 N–H and O–H groups in total. The lowest BCUT2D eigenvalue weighted by atomic mass is 10.2. The fourth-order valence-electron chi connectivity index (χ4n) is 1.85. The first-order valence-corrected chi connectivity index (χ1v) is 8.89. The molecule has 0 fully saturated rings. The molecule has 23 heavy (non-hydrogen) atoms. The maximum atomic E-state index is 13.5. The Balaban J connectivity index is 1.88. The average molecular weight is 353 g/mol. The van der Waals surface area contributed by atoms with E-state index in [1.807, 2.05) is 0 Å². The monoisotopic (exact) mass is 353 g/mol. The first kappa shape index (κ1) is 15.6. The SMILES string of the molecule is Cc1nc(-c2csc(S(=O)(=O)Nc3ccc(C)c(F)c3)c2)no1. The molecule has 3 rings (SSSR count). The summed E-state index contributed by atoms with van der Waals surface area (Å²) in [4.78, 5) is 4.05. The number of thiophene rings is 1. The van der Waals surface area contributed by atoms with Crippen molar-refractivity contribution in [3.8, 4) is 11.4 Å². The van der Waals surface area contributed by atoms with Crippen LogP contribution in [0.1, 0.15) is 11.5 Å². The summed E-state index contributed by atoms with van der Waals surface area (Å²) < 4.78 is 45.5. The van der Waals surface area contributed by atoms with Gasteiger partial charge >= 0.3 is 0 Å². The quantitative estimate of drug-likeness (QED) is 0.777. The van der Waals surface area contributed by atoms with Crippen LogP contribution in [0.3, 0.4) is 0 Å². The van der Waals surface area contributed by atoms with Crippen LogP contribution >= 0.6 is 11.3 Å². The summed E-state index contributed by atoms with van der Waals surface area (Å²) in [6.07, 6.45) is 0. The van der Waals surface area contributed by atoms with Crippen LogP contribution in [0, 0.1) is 19.7 Å². The van der Waals surface area contributed by atoms with Crippen molar-refractivity contribution in [2.75, 3.05) is 4.72 Å². The van der Waals surface area contributed by atoms with Crippen LogP contribution in [0.15, 0.2) is 38.4 Å². The van der Waals surface area contributed by atoms with Crippen LogP contribution in [0.5, 0.6) is 0 Å². The molecule has 0 unspecified atom stereocenters. The summed E-state index contributed by atoms with van der Waals surface area (Å²) >= 11 is 1.02. The second-order valence-electron chi connectivity index (χ2n) is 4.86. The molecule has 0 atom stereocenters. The van der Waals surface area contributed by atoms with Gasteiger partial charge in [0.25, 0.3) is 10.0 Å². The van der Waals surface area contributed by atoms with E-state index in [0.29, 0.717) is 22.8 Å². The molecule has 0 amide bonds. The molecule has 6 nitrogen and oxygen atoms in total. The molecule has 0 aliphatic carbocycles. The van der Waals surface area contributed by atoms with E-state index in [-0.39, 0.29) is 9.90 Å². The van der Waals surface area contributed by atoms with Crippen LogP contribution in [-0.2, 0) is 10.0 Å². The zero-order valence-electron chi connectivity index (χ0n) is 12.2. The summed E-state index contributed by atoms with van der Waals surface area (Å²) in [7, 11) is -3.81. The Bertz CT molecular complexity index is 963. The van der Waals surface area contributed by atoms with Crippen molar-refractivity contribution >= 4 is 27.0 Å². The van der Waals surface area contributed by atoms with Gasteiger partial charge in [-0.1, -0.05) is 11.2 Å². The van der Waals surface area contributed by atoms with E-state index in [1.54, 1.807) is 19.2 Å². The maximum Gasteiger partial charge on any atom is 0.271 e. The molecule has 0 aliphatic rings. The number of aryl methyl sites for hydroxylation is 2. The van der Waals surface area contributed by atoms with Gasteiger partial charge in [0, 0.05) is 17.9 Å². The Labute approximate surface area is 136 Å². The van der Waals surface area contributed by atoms with Gasteiger partial charge in [0.2, 0.25) is 11.7 Å². The Hall–Kier alpha value is -2.26. The lowest BCUT2D eigenvalue weighted by Gasteiger charge is -2.07. The molecule has 2 heterocycles. The molecule has 0 saturated carbocycles. The fourth-order valence-corrected chi connectivity index (χ4v) is 4.06. The molecule has 0 bridgehead atoms. The minimum absolute atomic E-state index is 0.0796. The summed E-state index contributed by atoms with van der Waals surface area (Å²) in [5.74, 6) is 0.241. The standard InChI is InChI=1S/C14H12FN3O3S2/c1-8-3-4-11(6-12(8)15)18-23(19,20)13-5-10(7-22-13)14-16-9(2)21-17-14/h3-7,18H,1-2H3. The van der Waals surface area contributed by atoms with Crippen molar-refractivity contribution in [2.45, 2.75) is 18.1 Å². The van der Waals surface area contributed by atoms with Gasteiger partial charge in [-0.15, -0.1) is 11.3 Å². The van der Waals surface area contributed by atoms with E-state index in [1.165, 1.54) is 18.2 Å². The van der Waals surface area contributed by atoms with Gasteiger partial charge in [0.05, 0.1) is 5.69 Å². The number of rotatable bonds is 4. The zero-order valence-corrected chi connectivity index (χ0v) is 13.8. The topological polar surface area (TPSA) is 85.1 Å². The van der Waals surface area contributed by atoms with Crippen molar-refractivity contribution in [2.24, 2.45) is 0 Å². The molecule has 0 spiro atoms. The Morgan fingerprint density at radius 2 is 2.04 bits per heavy atom. The number of nitrogens with one attached hydrogen (secondary N) is 1. The van der Waals surface area contributed by atoms with Crippen molar-refractivity contribution in [3.05, 3.63) is 46.9 Å². The fraction of sp³-hybridized carbons (Fsp3) is 0.143. The number of hydrogen-bond acceptors (Lipinski definition) is 6. The largest absolute Gasteiger partial charge is 0.339 e. The van der Waals surface area contributed by atoms with E-state index in [0.717, 1.165) is 17.4 Å². The van der Waals surface area contributed by atoms with Gasteiger partial charge in [-0.3, -0.25) is 4.72 Å². The Morgan fingerprint density at radius 3 is 2.70 bits per heavy atom. The molecule has 3 aromatic rings. The minimum Gasteiger partial charge on any atom is -0.339 e. The number of halogens is 1. The van der Waals surface area contributed by atoms with Crippen molar-refractivity contribution in [3.63, 3.8) is 0 Å². The van der Waals surface area contributed by atoms with Gasteiger partial charge in [-0.2, -0.15) is 4.98 Å². The second-order valence-corrected chi connectivity index (χ2v) is 7.68. The Kier molecular flexibility index (Phi) is 3.90. The van der Waals surface area contributed by atoms with Gasteiger partial charge in [-0.05, 0) is 30.7 Å². The molecule has 9 heteroatoms. The maximum absolute atomic E-state index is 13.5. The van der Waals surface area contributed by atoms with Gasteiger partial charge in [0.1, 0.15) is 10.0 Å². The molecule has 2 aromatic heterocycles. The lowest BCUT2D eigenvalue weighted by molar-refractivity contribution is 0.394. The van der Waals surface area contributed by atoms with Crippen molar-refractivity contribution < 1.29 is 17.3 Å². The first-order chi connectivity index (χ1) is 10.8. The highest BCUT2D eigenvalue weighted by molar-refractivity contribution is 7.94. The third kappa shape index (κ3) is 3.25. The first-order valence-electron chi connectivity index (χ1n) is 6.53. The van der Waals surface area contributed by atoms with E-state index >= 15 is 0 Å². The average Bonchev–Trinajstić information content (AvgIpc) is 3.11. The van der Waals surface area contributed by atoms with Crippen molar-refractivity contribution in [1.29, 1.82) is 0 Å². The van der Waals surface area contributed by atoms with Gasteiger partial charge < -0.3 is 4.52 Å². The number of sulfonamides is 1. The highest BCUT2D eigenvalue weighted by atomic mass is 32.2. The predicted octanol–water partition coefficient (Wildman–Crippen LogP) is 3.35. The van der Waals surface area contributed by atoms with Crippen LogP contribution in [0.2, 0.25) is 0 Å². The van der Waals surface area contributed by atoms with Crippen molar-refractivity contribution in [1.82, 2.24) is 10.1 Å². The normalized spacial score (nSPS) is 11.6. The Morgan fingerprint density at radius 1 is 1.26 bits per heavy atom. The highest BCUT2D eigenvalue weighted by Crippen LogP contribution is 2.28. The number of nitrogens with zero attached hydrogens (tertiary/aromatic N) is 2. The minimum atomic E-state index is -3.81. The van der Waals surface area contributed by atoms with Crippen LogP contribution in [-0.4, -0.2) is 18.6 Å². The van der Waals surface area contributed by atoms with Crippen LogP contribution in [0.4, 0.5) is 10.1 Å². The van der Waals surface area contributed by atoms with Crippen LogP contribution in [0.25, 0.3) is 11.4 Å². The number of anilines is 1. The second kappa shape index (κ2) is 5.74. The molecule has 1 aromatic carbocycles. The van der Waals surface area contributed by atoms with E-state index < -0.39 is 15.8 Å². The predicted molar refractivity (Wildman–Crippen MR) is 84.3 cm³/mol. The van der Waals surface area contributed by atoms with E-state index in [4.69, 9.17) is 4.52 Å². The lowest BCUT2D eigenvalue weighted by Crippen LogP contribution is -2.11. The summed E-state index contributed by atoms with van der Waals surface area (Å²) in [5, 5.41) is 5.36. The molecule has 0 saturated heterocycles. The molecule has 120 valence electrons. The molecular weight excluding hydrogens is 341 g/mol. The van der Waals surface area contributed by atoms with Gasteiger partial charge in [0.15, 0.2) is 0 Å². The molecule has 0 aliphatic heterocycles. The molecule has 0 radical (unpaired) electrons. The number of benzene rings is 1. The smallest absolute Gasteiger partial charge is 0.271 e. The summed E-state index contributed by atoms with van der Waals surface area (Å²) in [6, 6.07) is 5.61.